The molecule has 0 aliphatic rings. The molecule has 220 valence electrons. The van der Waals surface area contributed by atoms with Crippen molar-refractivity contribution in [1.82, 2.24) is 21.4 Å². The maximum absolute atomic E-state index is 13.2. The van der Waals surface area contributed by atoms with Crippen LogP contribution in [0, 0.1) is 11.8 Å². The van der Waals surface area contributed by atoms with Crippen LogP contribution in [0.1, 0.15) is 46.1 Å². The van der Waals surface area contributed by atoms with Gasteiger partial charge in [-0.05, 0) is 35.6 Å². The second kappa shape index (κ2) is 17.5. The molecule has 0 aliphatic heterocycles. The topological polar surface area (TPSA) is 200 Å². The number of carboxylic acids is 1. The van der Waals surface area contributed by atoms with Gasteiger partial charge in [-0.15, -0.1) is 0 Å². The molecule has 4 amide bonds. The lowest BCUT2D eigenvalue weighted by Crippen LogP contribution is -2.54. The molecule has 0 saturated carbocycles. The number of nitrogens with two attached hydrogens (primary N) is 1. The molecule has 8 N–H and O–H groups in total. The van der Waals surface area contributed by atoms with Crippen molar-refractivity contribution in [2.75, 3.05) is 13.1 Å². The summed E-state index contributed by atoms with van der Waals surface area (Å²) in [5.74, 6) is -3.55. The van der Waals surface area contributed by atoms with Gasteiger partial charge < -0.3 is 26.8 Å². The predicted molar refractivity (Wildman–Crippen MR) is 150 cm³/mol. The zero-order valence-corrected chi connectivity index (χ0v) is 23.4. The van der Waals surface area contributed by atoms with Crippen molar-refractivity contribution >= 4 is 40.4 Å². The van der Waals surface area contributed by atoms with Crippen molar-refractivity contribution in [1.29, 1.82) is 0 Å². The first-order valence-corrected chi connectivity index (χ1v) is 13.1. The van der Waals surface area contributed by atoms with E-state index in [1.54, 1.807) is 12.4 Å². The number of carboxylic acid groups (broad SMARTS) is 1. The largest absolute Gasteiger partial charge is 0.481 e. The lowest BCUT2D eigenvalue weighted by Gasteiger charge is -2.24. The van der Waals surface area contributed by atoms with Gasteiger partial charge in [-0.3, -0.25) is 29.2 Å². The van der Waals surface area contributed by atoms with E-state index < -0.39 is 41.7 Å². The number of nitrogens with one attached hydrogen (secondary N) is 4. The normalized spacial score (nSPS) is 12.8. The Bertz CT molecular complexity index is 1150. The summed E-state index contributed by atoms with van der Waals surface area (Å²) in [7, 11) is 0. The quantitative estimate of drug-likeness (QED) is 0.140. The zero-order valence-electron chi connectivity index (χ0n) is 23.4. The lowest BCUT2D eigenvalue weighted by atomic mass is 9.92. The fourth-order valence-electron chi connectivity index (χ4n) is 3.95. The number of fused-ring (bicyclic) bond motifs is 1. The number of hydrogen-bond acceptors (Lipinski definition) is 7. The summed E-state index contributed by atoms with van der Waals surface area (Å²) in [5.41, 5.74) is 7.80. The van der Waals surface area contributed by atoms with Crippen LogP contribution in [0.15, 0.2) is 42.5 Å². The number of hydroxylamine groups is 1. The molecule has 2 aromatic rings. The molecule has 0 radical (unpaired) electrons. The smallest absolute Gasteiger partial charge is 0.300 e. The Morgan fingerprint density at radius 3 is 2.10 bits per heavy atom. The molecule has 3 atom stereocenters. The van der Waals surface area contributed by atoms with Crippen LogP contribution in [0.4, 0.5) is 0 Å². The number of rotatable bonds is 13. The zero-order chi connectivity index (χ0) is 30.2. The van der Waals surface area contributed by atoms with Gasteiger partial charge in [0.25, 0.3) is 5.97 Å². The third-order valence-electron chi connectivity index (χ3n) is 5.77. The molecule has 0 saturated heterocycles. The Labute approximate surface area is 234 Å². The summed E-state index contributed by atoms with van der Waals surface area (Å²) in [6, 6.07) is 11.7. The maximum atomic E-state index is 13.2. The number of carbonyl (C=O) groups is 5. The number of hydrogen-bond donors (Lipinski definition) is 7. The standard InChI is InChI=1S/C26H37N5O5.C2H4O2/c1-16(2)12-21(15-23(32)31-36)25(34)30-22(26(35)29-17(3)24(33)28-11-10-27)14-18-8-9-19-6-4-5-7-20(19)13-18;1-2(3)4/h4-9,13,16-17,21-22,36H,10-12,14-15,27H2,1-3H3,(H,28,33)(H,29,35)(H,30,34)(H,31,32);1H3,(H,3,4)/t17-,21+,22-;/m0./s1. The van der Waals surface area contributed by atoms with Crippen LogP contribution in [0.5, 0.6) is 0 Å². The first-order chi connectivity index (χ1) is 18.9. The number of amides is 4. The van der Waals surface area contributed by atoms with E-state index in [2.05, 4.69) is 16.0 Å². The average molecular weight is 560 g/mol. The Kier molecular flexibility index (Phi) is 14.9. The molecule has 0 unspecified atom stereocenters. The number of carbonyl (C=O) groups excluding carboxylic acids is 4. The van der Waals surface area contributed by atoms with Gasteiger partial charge in [0, 0.05) is 38.8 Å². The average Bonchev–Trinajstić information content (AvgIpc) is 2.89. The van der Waals surface area contributed by atoms with Crippen LogP contribution in [0.2, 0.25) is 0 Å². The highest BCUT2D eigenvalue weighted by atomic mass is 16.5. The molecule has 2 rings (SSSR count). The van der Waals surface area contributed by atoms with E-state index in [9.17, 15) is 19.2 Å². The van der Waals surface area contributed by atoms with Crippen LogP contribution in [-0.2, 0) is 30.4 Å². The lowest BCUT2D eigenvalue weighted by molar-refractivity contribution is -0.137. The summed E-state index contributed by atoms with van der Waals surface area (Å²) in [5, 5.41) is 26.4. The summed E-state index contributed by atoms with van der Waals surface area (Å²) in [6.07, 6.45) is 0.352. The summed E-state index contributed by atoms with van der Waals surface area (Å²) in [6.45, 7) is 7.01. The van der Waals surface area contributed by atoms with Crippen molar-refractivity contribution in [3.8, 4) is 0 Å². The minimum atomic E-state index is -0.990. The third kappa shape index (κ3) is 12.7. The number of benzene rings is 2. The molecule has 0 bridgehead atoms. The van der Waals surface area contributed by atoms with Crippen molar-refractivity contribution in [2.45, 2.75) is 59.0 Å². The van der Waals surface area contributed by atoms with Crippen molar-refractivity contribution in [2.24, 2.45) is 17.6 Å². The van der Waals surface area contributed by atoms with E-state index in [0.717, 1.165) is 23.3 Å². The van der Waals surface area contributed by atoms with E-state index in [4.69, 9.17) is 20.8 Å². The molecule has 12 nitrogen and oxygen atoms in total. The summed E-state index contributed by atoms with van der Waals surface area (Å²) < 4.78 is 0. The molecule has 0 fully saturated rings. The van der Waals surface area contributed by atoms with Gasteiger partial charge in [0.1, 0.15) is 12.1 Å². The van der Waals surface area contributed by atoms with Crippen LogP contribution >= 0.6 is 0 Å². The Balaban J connectivity index is 0.00000187. The monoisotopic (exact) mass is 559 g/mol. The Hall–Kier alpha value is -4.03. The fraction of sp³-hybridized carbons (Fsp3) is 0.464. The highest BCUT2D eigenvalue weighted by Crippen LogP contribution is 2.19. The fourth-order valence-corrected chi connectivity index (χ4v) is 3.95. The maximum Gasteiger partial charge on any atom is 0.300 e. The summed E-state index contributed by atoms with van der Waals surface area (Å²) in [4.78, 5) is 59.4. The SMILES string of the molecule is CC(=O)O.CC(C)C[C@H](CC(=O)NO)C(=O)N[C@@H](Cc1ccc2ccccc2c1)C(=O)N[C@@H](C)C(=O)NCCN. The van der Waals surface area contributed by atoms with Crippen molar-refractivity contribution < 1.29 is 34.3 Å². The molecule has 0 aliphatic carbocycles. The van der Waals surface area contributed by atoms with Gasteiger partial charge in [-0.1, -0.05) is 56.3 Å². The first-order valence-electron chi connectivity index (χ1n) is 13.1. The molecule has 0 spiro atoms. The minimum absolute atomic E-state index is 0.103. The van der Waals surface area contributed by atoms with Crippen molar-refractivity contribution in [3.63, 3.8) is 0 Å². The molecule has 12 heteroatoms. The molecular formula is C28H41N5O7. The second-order valence-corrected chi connectivity index (χ2v) is 9.84. The third-order valence-corrected chi connectivity index (χ3v) is 5.77. The molecular weight excluding hydrogens is 518 g/mol. The Morgan fingerprint density at radius 1 is 0.900 bits per heavy atom. The van der Waals surface area contributed by atoms with Gasteiger partial charge in [0.2, 0.25) is 23.6 Å². The Morgan fingerprint density at radius 2 is 1.52 bits per heavy atom. The van der Waals surface area contributed by atoms with E-state index in [1.165, 1.54) is 0 Å². The van der Waals surface area contributed by atoms with E-state index in [1.807, 2.05) is 56.3 Å². The highest BCUT2D eigenvalue weighted by Gasteiger charge is 2.29. The van der Waals surface area contributed by atoms with E-state index in [-0.39, 0.29) is 37.8 Å². The van der Waals surface area contributed by atoms with Crippen LogP contribution in [0.3, 0.4) is 0 Å². The first kappa shape index (κ1) is 34.0. The summed E-state index contributed by atoms with van der Waals surface area (Å²) >= 11 is 0. The minimum Gasteiger partial charge on any atom is -0.481 e. The predicted octanol–water partition coefficient (Wildman–Crippen LogP) is 1.10. The van der Waals surface area contributed by atoms with E-state index in [0.29, 0.717) is 6.42 Å². The molecule has 0 aromatic heterocycles. The van der Waals surface area contributed by atoms with Crippen LogP contribution in [0.25, 0.3) is 10.8 Å². The van der Waals surface area contributed by atoms with Crippen LogP contribution in [-0.4, -0.2) is 65.1 Å². The van der Waals surface area contributed by atoms with Gasteiger partial charge in [0.15, 0.2) is 0 Å². The van der Waals surface area contributed by atoms with Gasteiger partial charge in [-0.25, -0.2) is 5.48 Å². The van der Waals surface area contributed by atoms with Crippen LogP contribution < -0.4 is 27.2 Å². The van der Waals surface area contributed by atoms with Crippen molar-refractivity contribution in [3.05, 3.63) is 48.0 Å². The number of aliphatic carboxylic acids is 1. The molecule has 40 heavy (non-hydrogen) atoms. The van der Waals surface area contributed by atoms with E-state index >= 15 is 0 Å². The van der Waals surface area contributed by atoms with Gasteiger partial charge in [0.05, 0.1) is 0 Å². The highest BCUT2D eigenvalue weighted by molar-refractivity contribution is 5.93. The molecule has 0 heterocycles. The second-order valence-electron chi connectivity index (χ2n) is 9.84. The van der Waals surface area contributed by atoms with Gasteiger partial charge in [-0.2, -0.15) is 0 Å². The molecule has 2 aromatic carbocycles. The van der Waals surface area contributed by atoms with Gasteiger partial charge >= 0.3 is 0 Å².